The first-order valence-corrected chi connectivity index (χ1v) is 14.5. The van der Waals surface area contributed by atoms with Crippen LogP contribution in [0.2, 0.25) is 0 Å². The van der Waals surface area contributed by atoms with E-state index in [9.17, 15) is 4.79 Å². The Kier molecular flexibility index (Phi) is 6.73. The maximum Gasteiger partial charge on any atom is 0.317 e. The second-order valence-electron chi connectivity index (χ2n) is 9.92. The number of thiazole rings is 1. The van der Waals surface area contributed by atoms with E-state index in [4.69, 9.17) is 14.4 Å². The largest absolute Gasteiger partial charge is 0.402 e. The third kappa shape index (κ3) is 5.09. The van der Waals surface area contributed by atoms with Crippen molar-refractivity contribution >= 4 is 39.7 Å². The van der Waals surface area contributed by atoms with Gasteiger partial charge in [-0.25, -0.2) is 9.98 Å². The third-order valence-electron chi connectivity index (χ3n) is 7.15. The number of benzodiazepines with no additional fused rings is 1. The average Bonchev–Trinajstić information content (AvgIpc) is 3.65. The van der Waals surface area contributed by atoms with E-state index in [-0.39, 0.29) is 11.9 Å². The molecule has 2 aromatic heterocycles. The maximum atomic E-state index is 13.3. The predicted molar refractivity (Wildman–Crippen MR) is 161 cm³/mol. The lowest BCUT2D eigenvalue weighted by Gasteiger charge is -2.27. The predicted octanol–water partition coefficient (Wildman–Crippen LogP) is 6.08. The number of rotatable bonds is 6. The van der Waals surface area contributed by atoms with E-state index in [0.717, 1.165) is 52.6 Å². The Morgan fingerprint density at radius 1 is 0.854 bits per heavy atom. The van der Waals surface area contributed by atoms with Crippen molar-refractivity contribution in [1.29, 1.82) is 0 Å². The monoisotopic (exact) mass is 561 g/mol. The molecule has 1 amide bonds. The molecule has 1 fully saturated rings. The molecule has 7 rings (SSSR count). The molecule has 0 spiro atoms. The van der Waals surface area contributed by atoms with Crippen molar-refractivity contribution in [3.63, 3.8) is 0 Å². The third-order valence-corrected chi connectivity index (χ3v) is 8.32. The number of nitrogens with zero attached hydrogens (tertiary/aromatic N) is 5. The summed E-state index contributed by atoms with van der Waals surface area (Å²) >= 11 is 1.63. The standard InChI is InChI=1S/C31H27N7O2S/c39-27-26(33-24(20-12-4-1-5-13-20)22-16-8-9-17-23(22)32-27)35-31-37-36-28(40-31)25-30(38-18-10-3-11-19-38)41-29(34-25)21-14-6-2-7-15-21/h1-2,4-9,12-17,26H,3,10-11,18-19H2,(H,32,39)(H,35,37). The van der Waals surface area contributed by atoms with E-state index >= 15 is 0 Å². The van der Waals surface area contributed by atoms with Crippen LogP contribution < -0.4 is 15.5 Å². The van der Waals surface area contributed by atoms with Gasteiger partial charge in [0.1, 0.15) is 10.0 Å². The van der Waals surface area contributed by atoms with Crippen LogP contribution in [0.5, 0.6) is 0 Å². The Morgan fingerprint density at radius 3 is 2.34 bits per heavy atom. The molecule has 2 aliphatic rings. The number of nitrogens with one attached hydrogen (secondary N) is 2. The van der Waals surface area contributed by atoms with Crippen LogP contribution in [0, 0.1) is 0 Å². The molecule has 0 bridgehead atoms. The molecule has 3 aromatic carbocycles. The summed E-state index contributed by atoms with van der Waals surface area (Å²) in [5.41, 5.74) is 4.81. The average molecular weight is 562 g/mol. The summed E-state index contributed by atoms with van der Waals surface area (Å²) in [5.74, 6) is -0.0201. The van der Waals surface area contributed by atoms with Crippen molar-refractivity contribution in [2.45, 2.75) is 25.4 Å². The zero-order valence-electron chi connectivity index (χ0n) is 22.2. The Labute approximate surface area is 241 Å². The van der Waals surface area contributed by atoms with E-state index in [1.807, 2.05) is 72.8 Å². The number of aromatic nitrogens is 3. The molecule has 5 aromatic rings. The summed E-state index contributed by atoms with van der Waals surface area (Å²) in [6.07, 6.45) is 2.51. The molecule has 0 aliphatic carbocycles. The first-order chi connectivity index (χ1) is 20.2. The number of anilines is 3. The van der Waals surface area contributed by atoms with Crippen molar-refractivity contribution < 1.29 is 9.21 Å². The first kappa shape index (κ1) is 25.2. The summed E-state index contributed by atoms with van der Waals surface area (Å²) in [4.78, 5) is 25.4. The molecule has 10 heteroatoms. The van der Waals surface area contributed by atoms with Gasteiger partial charge in [0.2, 0.25) is 6.17 Å². The maximum absolute atomic E-state index is 13.3. The van der Waals surface area contributed by atoms with Gasteiger partial charge in [0.25, 0.3) is 11.8 Å². The molecule has 1 unspecified atom stereocenters. The quantitative estimate of drug-likeness (QED) is 0.259. The first-order valence-electron chi connectivity index (χ1n) is 13.7. The molecule has 0 saturated carbocycles. The van der Waals surface area contributed by atoms with Gasteiger partial charge in [-0.3, -0.25) is 4.79 Å². The van der Waals surface area contributed by atoms with E-state index in [1.54, 1.807) is 11.3 Å². The van der Waals surface area contributed by atoms with Gasteiger partial charge in [0.15, 0.2) is 5.69 Å². The van der Waals surface area contributed by atoms with E-state index in [2.05, 4.69) is 37.9 Å². The second-order valence-corrected chi connectivity index (χ2v) is 10.9. The van der Waals surface area contributed by atoms with Crippen LogP contribution >= 0.6 is 11.3 Å². The van der Waals surface area contributed by atoms with E-state index in [1.165, 1.54) is 6.42 Å². The topological polar surface area (TPSA) is 109 Å². The number of carbonyl (C=O) groups excluding carboxylic acids is 1. The highest BCUT2D eigenvalue weighted by Gasteiger charge is 2.29. The molecule has 204 valence electrons. The Hall–Kier alpha value is -4.83. The van der Waals surface area contributed by atoms with E-state index < -0.39 is 6.17 Å². The minimum atomic E-state index is -0.984. The summed E-state index contributed by atoms with van der Waals surface area (Å²) < 4.78 is 6.10. The molecular formula is C31H27N7O2S. The smallest absolute Gasteiger partial charge is 0.317 e. The highest BCUT2D eigenvalue weighted by atomic mass is 32.1. The number of hydrogen-bond acceptors (Lipinski definition) is 9. The molecule has 1 saturated heterocycles. The van der Waals surface area contributed by atoms with Gasteiger partial charge in [-0.2, -0.15) is 0 Å². The van der Waals surface area contributed by atoms with Gasteiger partial charge in [0.05, 0.1) is 11.4 Å². The number of para-hydroxylation sites is 1. The molecule has 2 aliphatic heterocycles. The highest BCUT2D eigenvalue weighted by Crippen LogP contribution is 2.41. The number of piperidine rings is 1. The number of benzene rings is 3. The van der Waals surface area contributed by atoms with Crippen molar-refractivity contribution in [3.05, 3.63) is 96.1 Å². The van der Waals surface area contributed by atoms with Gasteiger partial charge in [-0.1, -0.05) is 95.3 Å². The number of fused-ring (bicyclic) bond motifs is 1. The number of aliphatic imine (C=N–C) groups is 1. The highest BCUT2D eigenvalue weighted by molar-refractivity contribution is 7.19. The summed E-state index contributed by atoms with van der Waals surface area (Å²) in [6, 6.07) is 27.6. The lowest BCUT2D eigenvalue weighted by molar-refractivity contribution is -0.116. The van der Waals surface area contributed by atoms with Crippen molar-refractivity contribution in [2.75, 3.05) is 28.6 Å². The number of amides is 1. The fourth-order valence-corrected chi connectivity index (χ4v) is 6.26. The van der Waals surface area contributed by atoms with Gasteiger partial charge in [-0.15, -0.1) is 5.10 Å². The Morgan fingerprint density at radius 2 is 1.56 bits per heavy atom. The molecule has 9 nitrogen and oxygen atoms in total. The van der Waals surface area contributed by atoms with Gasteiger partial charge in [0, 0.05) is 29.8 Å². The lowest BCUT2D eigenvalue weighted by Crippen LogP contribution is -2.32. The van der Waals surface area contributed by atoms with Crippen molar-refractivity contribution in [2.24, 2.45) is 4.99 Å². The number of carbonyl (C=O) groups is 1. The van der Waals surface area contributed by atoms with Crippen LogP contribution in [0.15, 0.2) is 94.3 Å². The number of hydrogen-bond donors (Lipinski definition) is 2. The molecule has 0 radical (unpaired) electrons. The summed E-state index contributed by atoms with van der Waals surface area (Å²) in [5, 5.41) is 16.5. The van der Waals surface area contributed by atoms with Crippen LogP contribution in [0.25, 0.3) is 22.2 Å². The Balaban J connectivity index is 1.23. The van der Waals surface area contributed by atoms with Crippen molar-refractivity contribution in [1.82, 2.24) is 15.2 Å². The fourth-order valence-electron chi connectivity index (χ4n) is 5.14. The van der Waals surface area contributed by atoms with Crippen LogP contribution in [0.3, 0.4) is 0 Å². The van der Waals surface area contributed by atoms with E-state index in [0.29, 0.717) is 23.0 Å². The van der Waals surface area contributed by atoms with Crippen LogP contribution in [-0.4, -0.2) is 46.1 Å². The lowest BCUT2D eigenvalue weighted by atomic mass is 10.0. The fraction of sp³-hybridized carbons (Fsp3) is 0.194. The summed E-state index contributed by atoms with van der Waals surface area (Å²) in [6.45, 7) is 1.92. The van der Waals surface area contributed by atoms with Crippen LogP contribution in [-0.2, 0) is 4.79 Å². The molecule has 2 N–H and O–H groups in total. The van der Waals surface area contributed by atoms with Gasteiger partial charge >= 0.3 is 6.01 Å². The van der Waals surface area contributed by atoms with Gasteiger partial charge < -0.3 is 20.0 Å². The van der Waals surface area contributed by atoms with Crippen LogP contribution in [0.4, 0.5) is 16.7 Å². The Bertz CT molecular complexity index is 1710. The molecule has 41 heavy (non-hydrogen) atoms. The zero-order valence-corrected chi connectivity index (χ0v) is 23.0. The molecular weight excluding hydrogens is 534 g/mol. The van der Waals surface area contributed by atoms with Crippen LogP contribution in [0.1, 0.15) is 30.4 Å². The SMILES string of the molecule is O=C1Nc2ccccc2C(c2ccccc2)=NC1Nc1nnc(-c2nc(-c3ccccc3)sc2N2CCCCC2)o1. The molecule has 4 heterocycles. The zero-order chi connectivity index (χ0) is 27.6. The normalized spacial score (nSPS) is 16.9. The minimum Gasteiger partial charge on any atom is -0.402 e. The molecule has 1 atom stereocenters. The minimum absolute atomic E-state index is 0.0983. The van der Waals surface area contributed by atoms with Crippen molar-refractivity contribution in [3.8, 4) is 22.2 Å². The second kappa shape index (κ2) is 11.0. The summed E-state index contributed by atoms with van der Waals surface area (Å²) in [7, 11) is 0. The van der Waals surface area contributed by atoms with Gasteiger partial charge in [-0.05, 0) is 25.3 Å².